The molecule has 0 amide bonds. The molecule has 82 valence electrons. The van der Waals surface area contributed by atoms with Crippen LogP contribution in [0.3, 0.4) is 0 Å². The van der Waals surface area contributed by atoms with E-state index in [1.807, 2.05) is 6.92 Å². The van der Waals surface area contributed by atoms with Crippen molar-refractivity contribution >= 4 is 0 Å². The fourth-order valence-corrected chi connectivity index (χ4v) is 2.31. The molecule has 0 aromatic heterocycles. The Hall–Kier alpha value is -0.460. The van der Waals surface area contributed by atoms with Crippen molar-refractivity contribution in [2.45, 2.75) is 52.9 Å². The topological polar surface area (TPSA) is 9.23 Å². The summed E-state index contributed by atoms with van der Waals surface area (Å²) in [6.45, 7) is 11.2. The average molecular weight is 196 g/mol. The Morgan fingerprint density at radius 2 is 1.86 bits per heavy atom. The van der Waals surface area contributed by atoms with Crippen LogP contribution in [0.25, 0.3) is 0 Å². The Morgan fingerprint density at radius 1 is 1.29 bits per heavy atom. The van der Waals surface area contributed by atoms with E-state index < -0.39 is 0 Å². The molecular weight excluding hydrogens is 172 g/mol. The minimum atomic E-state index is 0.319. The van der Waals surface area contributed by atoms with E-state index in [0.717, 1.165) is 18.3 Å². The van der Waals surface area contributed by atoms with Crippen molar-refractivity contribution in [2.24, 2.45) is 11.3 Å². The van der Waals surface area contributed by atoms with Crippen LogP contribution >= 0.6 is 0 Å². The summed E-state index contributed by atoms with van der Waals surface area (Å²) in [7, 11) is 0. The Morgan fingerprint density at radius 3 is 2.36 bits per heavy atom. The van der Waals surface area contributed by atoms with E-state index in [0.29, 0.717) is 5.41 Å². The van der Waals surface area contributed by atoms with Crippen molar-refractivity contribution in [1.29, 1.82) is 0 Å². The zero-order valence-electron chi connectivity index (χ0n) is 9.94. The monoisotopic (exact) mass is 196 g/mol. The second kappa shape index (κ2) is 4.86. The highest BCUT2D eigenvalue weighted by molar-refractivity contribution is 4.83. The van der Waals surface area contributed by atoms with Gasteiger partial charge < -0.3 is 4.74 Å². The molecule has 0 unspecified atom stereocenters. The molecule has 1 rings (SSSR count). The molecule has 0 N–H and O–H groups in total. The molecule has 1 fully saturated rings. The second-order valence-electron chi connectivity index (χ2n) is 5.31. The molecule has 14 heavy (non-hydrogen) atoms. The number of hydrogen-bond donors (Lipinski definition) is 0. The van der Waals surface area contributed by atoms with Crippen LogP contribution in [-0.2, 0) is 4.74 Å². The van der Waals surface area contributed by atoms with Gasteiger partial charge in [-0.25, -0.2) is 0 Å². The summed E-state index contributed by atoms with van der Waals surface area (Å²) >= 11 is 0. The van der Waals surface area contributed by atoms with Crippen molar-refractivity contribution in [3.8, 4) is 0 Å². The third kappa shape index (κ3) is 3.36. The van der Waals surface area contributed by atoms with Gasteiger partial charge in [0.25, 0.3) is 0 Å². The third-order valence-corrected chi connectivity index (χ3v) is 3.40. The van der Waals surface area contributed by atoms with E-state index in [1.165, 1.54) is 32.1 Å². The van der Waals surface area contributed by atoms with Crippen LogP contribution < -0.4 is 0 Å². The molecule has 1 nitrogen and oxygen atoms in total. The van der Waals surface area contributed by atoms with Crippen LogP contribution in [0.5, 0.6) is 0 Å². The molecule has 0 atom stereocenters. The maximum absolute atomic E-state index is 5.57. The summed E-state index contributed by atoms with van der Waals surface area (Å²) in [4.78, 5) is 0. The van der Waals surface area contributed by atoms with Crippen LogP contribution in [0.4, 0.5) is 0 Å². The zero-order valence-corrected chi connectivity index (χ0v) is 9.94. The number of hydrogen-bond acceptors (Lipinski definition) is 1. The minimum Gasteiger partial charge on any atom is -0.498 e. The molecule has 1 aliphatic carbocycles. The predicted octanol–water partition coefficient (Wildman–Crippen LogP) is 4.14. The highest BCUT2D eigenvalue weighted by Crippen LogP contribution is 2.38. The fourth-order valence-electron chi connectivity index (χ4n) is 2.31. The first kappa shape index (κ1) is 11.6. The van der Waals surface area contributed by atoms with Crippen LogP contribution in [0.2, 0.25) is 0 Å². The van der Waals surface area contributed by atoms with Crippen LogP contribution in [-0.4, -0.2) is 6.61 Å². The summed E-state index contributed by atoms with van der Waals surface area (Å²) in [6.07, 6.45) is 7.00. The first-order valence-corrected chi connectivity index (χ1v) is 5.81. The molecule has 0 aromatic rings. The number of rotatable bonds is 4. The smallest absolute Gasteiger partial charge is 0.0930 e. The molecule has 1 saturated carbocycles. The average Bonchev–Trinajstić information content (AvgIpc) is 2.16. The summed E-state index contributed by atoms with van der Waals surface area (Å²) in [5.41, 5.74) is 0.319. The number of allylic oxidation sites excluding steroid dienone is 1. The van der Waals surface area contributed by atoms with Gasteiger partial charge in [0.15, 0.2) is 0 Å². The quantitative estimate of drug-likeness (QED) is 0.614. The maximum Gasteiger partial charge on any atom is 0.0930 e. The van der Waals surface area contributed by atoms with Crippen molar-refractivity contribution in [2.75, 3.05) is 6.61 Å². The van der Waals surface area contributed by atoms with E-state index in [-0.39, 0.29) is 0 Å². The Bertz CT molecular complexity index is 187. The van der Waals surface area contributed by atoms with Crippen molar-refractivity contribution in [3.05, 3.63) is 12.3 Å². The van der Waals surface area contributed by atoms with E-state index in [2.05, 4.69) is 20.4 Å². The van der Waals surface area contributed by atoms with Gasteiger partial charge in [-0.2, -0.15) is 0 Å². The molecular formula is C13H24O. The maximum atomic E-state index is 5.57. The van der Waals surface area contributed by atoms with Crippen molar-refractivity contribution in [3.63, 3.8) is 0 Å². The predicted molar refractivity (Wildman–Crippen MR) is 61.1 cm³/mol. The van der Waals surface area contributed by atoms with Gasteiger partial charge in [-0.05, 0) is 25.7 Å². The summed E-state index contributed by atoms with van der Waals surface area (Å²) < 4.78 is 5.57. The van der Waals surface area contributed by atoms with Gasteiger partial charge >= 0.3 is 0 Å². The van der Waals surface area contributed by atoms with E-state index >= 15 is 0 Å². The van der Waals surface area contributed by atoms with Gasteiger partial charge in [0, 0.05) is 5.41 Å². The highest BCUT2D eigenvalue weighted by Gasteiger charge is 2.31. The summed E-state index contributed by atoms with van der Waals surface area (Å²) in [5.74, 6) is 1.68. The lowest BCUT2D eigenvalue weighted by Gasteiger charge is -2.36. The van der Waals surface area contributed by atoms with Gasteiger partial charge in [-0.3, -0.25) is 0 Å². The Kier molecular flexibility index (Phi) is 4.03. The molecule has 0 heterocycles. The lowest BCUT2D eigenvalue weighted by Crippen LogP contribution is -2.30. The first-order chi connectivity index (χ1) is 6.52. The van der Waals surface area contributed by atoms with E-state index in [4.69, 9.17) is 4.74 Å². The molecule has 0 bridgehead atoms. The summed E-state index contributed by atoms with van der Waals surface area (Å²) in [6, 6.07) is 0. The van der Waals surface area contributed by atoms with Gasteiger partial charge in [-0.1, -0.05) is 39.7 Å². The van der Waals surface area contributed by atoms with Crippen LogP contribution in [0.1, 0.15) is 52.9 Å². The first-order valence-electron chi connectivity index (χ1n) is 5.81. The molecule has 0 aliphatic heterocycles. The van der Waals surface area contributed by atoms with Gasteiger partial charge in [0.05, 0.1) is 12.4 Å². The van der Waals surface area contributed by atoms with Crippen molar-refractivity contribution in [1.82, 2.24) is 0 Å². The zero-order chi connectivity index (χ0) is 10.6. The molecule has 0 saturated heterocycles. The second-order valence-corrected chi connectivity index (χ2v) is 5.31. The summed E-state index contributed by atoms with van der Waals surface area (Å²) in [5, 5.41) is 0. The normalized spacial score (nSPS) is 19.4. The molecule has 0 aromatic carbocycles. The fraction of sp³-hybridized carbons (Fsp3) is 0.846. The molecule has 1 aliphatic rings. The molecule has 0 spiro atoms. The van der Waals surface area contributed by atoms with Crippen molar-refractivity contribution < 1.29 is 4.74 Å². The number of ether oxygens (including phenoxy) is 1. The van der Waals surface area contributed by atoms with Gasteiger partial charge in [0.2, 0.25) is 0 Å². The van der Waals surface area contributed by atoms with Gasteiger partial charge in [-0.15, -0.1) is 0 Å². The highest BCUT2D eigenvalue weighted by atomic mass is 16.5. The lowest BCUT2D eigenvalue weighted by atomic mass is 9.71. The standard InChI is InChI=1S/C13H24O/c1-11(2)14-10-13(3,4)12-8-6-5-7-9-12/h12H,1,5-10H2,2-4H3. The molecule has 0 radical (unpaired) electrons. The largest absolute Gasteiger partial charge is 0.498 e. The Labute approximate surface area is 88.5 Å². The van der Waals surface area contributed by atoms with Crippen LogP contribution in [0, 0.1) is 11.3 Å². The minimum absolute atomic E-state index is 0.319. The van der Waals surface area contributed by atoms with E-state index in [1.54, 1.807) is 0 Å². The lowest BCUT2D eigenvalue weighted by molar-refractivity contribution is 0.0514. The van der Waals surface area contributed by atoms with Crippen LogP contribution in [0.15, 0.2) is 12.3 Å². The third-order valence-electron chi connectivity index (χ3n) is 3.40. The SMILES string of the molecule is C=C(C)OCC(C)(C)C1CCCCC1. The van der Waals surface area contributed by atoms with E-state index in [9.17, 15) is 0 Å². The van der Waals surface area contributed by atoms with Gasteiger partial charge in [0.1, 0.15) is 0 Å². The Balaban J connectivity index is 2.41. The molecule has 1 heteroatoms.